The molecule has 0 fully saturated rings. The summed E-state index contributed by atoms with van der Waals surface area (Å²) in [6.07, 6.45) is 1.70. The second kappa shape index (κ2) is 10.8. The first-order valence-electron chi connectivity index (χ1n) is 12.4. The number of hydrogen-bond donors (Lipinski definition) is 0. The number of thiazole rings is 1. The Morgan fingerprint density at radius 2 is 1.92 bits per heavy atom. The molecule has 9 heteroatoms. The van der Waals surface area contributed by atoms with E-state index in [1.807, 2.05) is 43.3 Å². The van der Waals surface area contributed by atoms with E-state index in [2.05, 4.69) is 4.99 Å². The maximum atomic E-state index is 13.9. The molecule has 0 radical (unpaired) electrons. The van der Waals surface area contributed by atoms with Gasteiger partial charge in [0, 0.05) is 17.2 Å². The van der Waals surface area contributed by atoms with Crippen molar-refractivity contribution in [2.75, 3.05) is 20.8 Å². The number of carbonyl (C=O) groups is 1. The number of aryl methyl sites for hydroxylation is 1. The van der Waals surface area contributed by atoms with E-state index in [0.29, 0.717) is 43.6 Å². The highest BCUT2D eigenvalue weighted by molar-refractivity contribution is 7.07. The van der Waals surface area contributed by atoms with Crippen molar-refractivity contribution in [1.29, 1.82) is 0 Å². The van der Waals surface area contributed by atoms with Crippen molar-refractivity contribution in [3.8, 4) is 22.8 Å². The van der Waals surface area contributed by atoms with Gasteiger partial charge in [0.05, 0.1) is 36.6 Å². The Morgan fingerprint density at radius 1 is 1.10 bits per heavy atom. The molecule has 0 bridgehead atoms. The average Bonchev–Trinajstić information content (AvgIpc) is 3.52. The van der Waals surface area contributed by atoms with Gasteiger partial charge in [0.15, 0.2) is 4.80 Å². The molecule has 0 saturated heterocycles. The highest BCUT2D eigenvalue weighted by Gasteiger charge is 2.35. The number of furan rings is 1. The summed E-state index contributed by atoms with van der Waals surface area (Å²) in [7, 11) is 3.09. The second-order valence-electron chi connectivity index (χ2n) is 8.98. The molecule has 4 aromatic rings. The lowest BCUT2D eigenvalue weighted by atomic mass is 9.95. The van der Waals surface area contributed by atoms with E-state index in [9.17, 15) is 9.59 Å². The number of hydrogen-bond acceptors (Lipinski definition) is 8. The summed E-state index contributed by atoms with van der Waals surface area (Å²) >= 11 is 1.23. The van der Waals surface area contributed by atoms with Crippen LogP contribution in [0.1, 0.15) is 36.8 Å². The minimum absolute atomic E-state index is 0.184. The zero-order valence-electron chi connectivity index (χ0n) is 22.3. The number of rotatable bonds is 7. The van der Waals surface area contributed by atoms with Crippen molar-refractivity contribution in [1.82, 2.24) is 4.57 Å². The summed E-state index contributed by atoms with van der Waals surface area (Å²) < 4.78 is 24.5. The smallest absolute Gasteiger partial charge is 0.338 e. The van der Waals surface area contributed by atoms with Gasteiger partial charge in [-0.2, -0.15) is 0 Å². The number of methoxy groups -OCH3 is 2. The lowest BCUT2D eigenvalue weighted by Gasteiger charge is -2.26. The van der Waals surface area contributed by atoms with Gasteiger partial charge in [0.25, 0.3) is 5.56 Å². The molecule has 2 aromatic heterocycles. The molecule has 1 atom stereocenters. The molecule has 2 aromatic carbocycles. The number of fused-ring (bicyclic) bond motifs is 1. The number of esters is 1. The third-order valence-corrected chi connectivity index (χ3v) is 7.43. The van der Waals surface area contributed by atoms with Gasteiger partial charge in [0.1, 0.15) is 29.1 Å². The Kier molecular flexibility index (Phi) is 7.26. The Morgan fingerprint density at radius 3 is 2.64 bits per heavy atom. The number of nitrogens with zero attached hydrogens (tertiary/aromatic N) is 2. The van der Waals surface area contributed by atoms with Crippen LogP contribution in [0.3, 0.4) is 0 Å². The fourth-order valence-corrected chi connectivity index (χ4v) is 5.68. The van der Waals surface area contributed by atoms with Crippen LogP contribution in [-0.4, -0.2) is 31.4 Å². The van der Waals surface area contributed by atoms with Crippen LogP contribution in [0.25, 0.3) is 17.4 Å². The minimum atomic E-state index is -0.827. The Hall–Kier alpha value is -4.37. The second-order valence-corrected chi connectivity index (χ2v) is 9.99. The van der Waals surface area contributed by atoms with Crippen LogP contribution in [0, 0.1) is 6.92 Å². The van der Waals surface area contributed by atoms with Gasteiger partial charge in [-0.25, -0.2) is 9.79 Å². The predicted octanol–water partition coefficient (Wildman–Crippen LogP) is 4.38. The number of benzene rings is 2. The molecule has 39 heavy (non-hydrogen) atoms. The summed E-state index contributed by atoms with van der Waals surface area (Å²) in [6, 6.07) is 16.2. The standard InChI is InChI=1S/C30H28N2O6S/c1-6-37-29(34)26-18(3)31-30-32(27(26)22-15-20(35-4)10-13-24(22)36-5)28(33)25(39-30)16-21-11-12-23(38-21)19-9-7-8-17(2)14-19/h7-16,27H,6H2,1-5H3/b25-16-. The molecule has 0 saturated carbocycles. The molecule has 8 nitrogen and oxygen atoms in total. The highest BCUT2D eigenvalue weighted by atomic mass is 32.1. The van der Waals surface area contributed by atoms with Gasteiger partial charge in [-0.1, -0.05) is 35.1 Å². The molecule has 1 aliphatic heterocycles. The first-order valence-corrected chi connectivity index (χ1v) is 13.2. The molecular formula is C30H28N2O6S. The topological polar surface area (TPSA) is 92.3 Å². The van der Waals surface area contributed by atoms with Crippen LogP contribution in [0.5, 0.6) is 11.5 Å². The van der Waals surface area contributed by atoms with Gasteiger partial charge in [-0.3, -0.25) is 9.36 Å². The minimum Gasteiger partial charge on any atom is -0.497 e. The molecule has 0 spiro atoms. The molecule has 0 N–H and O–H groups in total. The lowest BCUT2D eigenvalue weighted by molar-refractivity contribution is -0.139. The largest absolute Gasteiger partial charge is 0.497 e. The zero-order valence-corrected chi connectivity index (χ0v) is 23.1. The van der Waals surface area contributed by atoms with Crippen molar-refractivity contribution < 1.29 is 23.4 Å². The van der Waals surface area contributed by atoms with Crippen molar-refractivity contribution in [3.05, 3.63) is 102 Å². The molecule has 1 unspecified atom stereocenters. The lowest BCUT2D eigenvalue weighted by Crippen LogP contribution is -2.40. The van der Waals surface area contributed by atoms with Crippen molar-refractivity contribution >= 4 is 23.4 Å². The van der Waals surface area contributed by atoms with E-state index in [4.69, 9.17) is 18.6 Å². The van der Waals surface area contributed by atoms with Gasteiger partial charge in [0.2, 0.25) is 0 Å². The third kappa shape index (κ3) is 4.93. The Bertz CT molecular complexity index is 1780. The first-order chi connectivity index (χ1) is 18.8. The fraction of sp³-hybridized carbons (Fsp3) is 0.233. The quantitative estimate of drug-likeness (QED) is 0.321. The fourth-order valence-electron chi connectivity index (χ4n) is 4.65. The van der Waals surface area contributed by atoms with E-state index >= 15 is 0 Å². The molecule has 0 amide bonds. The summed E-state index contributed by atoms with van der Waals surface area (Å²) in [4.78, 5) is 32.2. The first kappa shape index (κ1) is 26.2. The molecule has 0 aliphatic carbocycles. The van der Waals surface area contributed by atoms with E-state index in [1.54, 1.807) is 52.3 Å². The van der Waals surface area contributed by atoms with Crippen molar-refractivity contribution in [2.24, 2.45) is 4.99 Å². The summed E-state index contributed by atoms with van der Waals surface area (Å²) in [5.41, 5.74) is 3.09. The van der Waals surface area contributed by atoms with E-state index in [-0.39, 0.29) is 17.7 Å². The Balaban J connectivity index is 1.69. The van der Waals surface area contributed by atoms with E-state index in [1.165, 1.54) is 15.9 Å². The number of aromatic nitrogens is 1. The van der Waals surface area contributed by atoms with Crippen LogP contribution in [0.2, 0.25) is 0 Å². The molecule has 3 heterocycles. The van der Waals surface area contributed by atoms with Crippen LogP contribution in [0.4, 0.5) is 0 Å². The highest BCUT2D eigenvalue weighted by Crippen LogP contribution is 2.37. The van der Waals surface area contributed by atoms with Gasteiger partial charge in [-0.15, -0.1) is 0 Å². The maximum Gasteiger partial charge on any atom is 0.338 e. The van der Waals surface area contributed by atoms with Crippen LogP contribution >= 0.6 is 11.3 Å². The van der Waals surface area contributed by atoms with E-state index < -0.39 is 12.0 Å². The average molecular weight is 545 g/mol. The molecule has 200 valence electrons. The zero-order chi connectivity index (χ0) is 27.7. The predicted molar refractivity (Wildman–Crippen MR) is 149 cm³/mol. The van der Waals surface area contributed by atoms with Gasteiger partial charge >= 0.3 is 5.97 Å². The molecule has 5 rings (SSSR count). The van der Waals surface area contributed by atoms with Gasteiger partial charge < -0.3 is 18.6 Å². The summed E-state index contributed by atoms with van der Waals surface area (Å²) in [5.74, 6) is 1.76. The van der Waals surface area contributed by atoms with E-state index in [0.717, 1.165) is 11.1 Å². The van der Waals surface area contributed by atoms with Gasteiger partial charge in [-0.05, 0) is 57.2 Å². The van der Waals surface area contributed by atoms with Crippen LogP contribution in [0.15, 0.2) is 80.1 Å². The van der Waals surface area contributed by atoms with Crippen LogP contribution in [-0.2, 0) is 9.53 Å². The normalized spacial score (nSPS) is 15.1. The SMILES string of the molecule is CCOC(=O)C1=C(C)N=c2s/c(=C\c3ccc(-c4cccc(C)c4)o3)c(=O)n2C1c1cc(OC)ccc1OC. The monoisotopic (exact) mass is 544 g/mol. The number of carbonyl (C=O) groups excluding carboxylic acids is 1. The molecular weight excluding hydrogens is 516 g/mol. The molecule has 1 aliphatic rings. The number of ether oxygens (including phenoxy) is 3. The maximum absolute atomic E-state index is 13.9. The summed E-state index contributed by atoms with van der Waals surface area (Å²) in [6.45, 7) is 5.68. The third-order valence-electron chi connectivity index (χ3n) is 6.45. The Labute approximate surface area is 229 Å². The number of allylic oxidation sites excluding steroid dienone is 1. The van der Waals surface area contributed by atoms with Crippen LogP contribution < -0.4 is 24.4 Å². The van der Waals surface area contributed by atoms with Crippen molar-refractivity contribution in [3.63, 3.8) is 0 Å². The van der Waals surface area contributed by atoms with Crippen molar-refractivity contribution in [2.45, 2.75) is 26.8 Å². The summed E-state index contributed by atoms with van der Waals surface area (Å²) in [5, 5.41) is 0.